The van der Waals surface area contributed by atoms with Gasteiger partial charge in [0.2, 0.25) is 11.7 Å². The number of H-pyrrole nitrogens is 1. The number of rotatable bonds is 4. The molecule has 0 spiro atoms. The summed E-state index contributed by atoms with van der Waals surface area (Å²) in [4.78, 5) is 11.3. The molecule has 0 amide bonds. The Balaban J connectivity index is 1.82. The van der Waals surface area contributed by atoms with E-state index in [1.807, 2.05) is 25.1 Å². The first kappa shape index (κ1) is 14.0. The van der Waals surface area contributed by atoms with Gasteiger partial charge in [-0.3, -0.25) is 0 Å². The summed E-state index contributed by atoms with van der Waals surface area (Å²) >= 11 is 3.51. The fourth-order valence-corrected chi connectivity index (χ4v) is 2.69. The molecule has 0 aliphatic rings. The van der Waals surface area contributed by atoms with Crippen LogP contribution in [0.4, 0.5) is 0 Å². The molecule has 0 saturated heterocycles. The first-order valence-electron chi connectivity index (χ1n) is 6.46. The summed E-state index contributed by atoms with van der Waals surface area (Å²) in [5.74, 6) is 0.934. The van der Waals surface area contributed by atoms with Gasteiger partial charge in [-0.25, -0.2) is 4.98 Å². The van der Waals surface area contributed by atoms with E-state index in [-0.39, 0.29) is 6.04 Å². The Morgan fingerprint density at radius 3 is 3.00 bits per heavy atom. The second-order valence-corrected chi connectivity index (χ2v) is 5.68. The summed E-state index contributed by atoms with van der Waals surface area (Å²) in [5.41, 5.74) is 9.05. The van der Waals surface area contributed by atoms with Crippen molar-refractivity contribution in [2.24, 2.45) is 5.73 Å². The summed E-state index contributed by atoms with van der Waals surface area (Å²) in [5, 5.41) is 4.01. The van der Waals surface area contributed by atoms with Crippen molar-refractivity contribution in [2.45, 2.75) is 19.4 Å². The molecule has 0 unspecified atom stereocenters. The standard InChI is InChI=1S/C14H14BrN5O/c1-8-2-3-10(11(15)4-8)13-19-14(21-20-13)12(16)5-9-6-17-7-18-9/h2-4,6-7,12H,5,16H2,1H3,(H,17,18)/t12-/m1/s1. The first-order chi connectivity index (χ1) is 10.1. The van der Waals surface area contributed by atoms with Gasteiger partial charge < -0.3 is 15.2 Å². The molecule has 2 heterocycles. The molecule has 21 heavy (non-hydrogen) atoms. The molecule has 0 saturated carbocycles. The van der Waals surface area contributed by atoms with Crippen LogP contribution in [0, 0.1) is 6.92 Å². The SMILES string of the molecule is Cc1ccc(-c2noc([C@H](N)Cc3cnc[nH]3)n2)c(Br)c1. The van der Waals surface area contributed by atoms with E-state index in [4.69, 9.17) is 10.3 Å². The van der Waals surface area contributed by atoms with E-state index < -0.39 is 0 Å². The van der Waals surface area contributed by atoms with Crippen LogP contribution in [-0.4, -0.2) is 20.1 Å². The summed E-state index contributed by atoms with van der Waals surface area (Å²) in [7, 11) is 0. The monoisotopic (exact) mass is 347 g/mol. The number of halogens is 1. The molecule has 3 rings (SSSR count). The zero-order chi connectivity index (χ0) is 14.8. The third-order valence-electron chi connectivity index (χ3n) is 3.12. The third kappa shape index (κ3) is 3.03. The van der Waals surface area contributed by atoms with Crippen molar-refractivity contribution in [1.82, 2.24) is 20.1 Å². The average Bonchev–Trinajstić information content (AvgIpc) is 3.09. The van der Waals surface area contributed by atoms with Gasteiger partial charge in [0.25, 0.3) is 0 Å². The smallest absolute Gasteiger partial charge is 0.244 e. The van der Waals surface area contributed by atoms with Gasteiger partial charge >= 0.3 is 0 Å². The molecule has 0 bridgehead atoms. The van der Waals surface area contributed by atoms with Crippen LogP contribution in [0.1, 0.15) is 23.2 Å². The zero-order valence-corrected chi connectivity index (χ0v) is 13.0. The van der Waals surface area contributed by atoms with Crippen molar-refractivity contribution in [3.05, 3.63) is 52.3 Å². The van der Waals surface area contributed by atoms with Crippen molar-refractivity contribution < 1.29 is 4.52 Å². The van der Waals surface area contributed by atoms with Crippen LogP contribution in [0.2, 0.25) is 0 Å². The predicted molar refractivity (Wildman–Crippen MR) is 81.4 cm³/mol. The molecule has 0 fully saturated rings. The Morgan fingerprint density at radius 1 is 1.43 bits per heavy atom. The lowest BCUT2D eigenvalue weighted by molar-refractivity contribution is 0.354. The van der Waals surface area contributed by atoms with Crippen LogP contribution in [0.3, 0.4) is 0 Å². The van der Waals surface area contributed by atoms with Crippen molar-refractivity contribution in [3.63, 3.8) is 0 Å². The number of aromatic amines is 1. The Bertz CT molecular complexity index is 738. The van der Waals surface area contributed by atoms with E-state index >= 15 is 0 Å². The van der Waals surface area contributed by atoms with Gasteiger partial charge in [0.1, 0.15) is 0 Å². The largest absolute Gasteiger partial charge is 0.348 e. The van der Waals surface area contributed by atoms with Crippen LogP contribution in [0.5, 0.6) is 0 Å². The maximum atomic E-state index is 6.08. The number of nitrogens with zero attached hydrogens (tertiary/aromatic N) is 3. The lowest BCUT2D eigenvalue weighted by Crippen LogP contribution is -2.14. The zero-order valence-electron chi connectivity index (χ0n) is 11.4. The molecule has 108 valence electrons. The van der Waals surface area contributed by atoms with Crippen LogP contribution in [0.25, 0.3) is 11.4 Å². The van der Waals surface area contributed by atoms with Crippen molar-refractivity contribution in [1.29, 1.82) is 0 Å². The van der Waals surface area contributed by atoms with Crippen molar-refractivity contribution in [2.75, 3.05) is 0 Å². The predicted octanol–water partition coefficient (Wildman–Crippen LogP) is 2.77. The molecule has 1 atom stereocenters. The van der Waals surface area contributed by atoms with Gasteiger partial charge in [-0.15, -0.1) is 0 Å². The third-order valence-corrected chi connectivity index (χ3v) is 3.78. The van der Waals surface area contributed by atoms with Crippen LogP contribution >= 0.6 is 15.9 Å². The maximum Gasteiger partial charge on any atom is 0.244 e. The normalized spacial score (nSPS) is 12.5. The molecule has 2 aromatic heterocycles. The number of hydrogen-bond acceptors (Lipinski definition) is 5. The Labute approximate surface area is 129 Å². The molecular formula is C14H14BrN5O. The van der Waals surface area contributed by atoms with Crippen LogP contribution in [-0.2, 0) is 6.42 Å². The van der Waals surface area contributed by atoms with Crippen molar-refractivity contribution in [3.8, 4) is 11.4 Å². The summed E-state index contributed by atoms with van der Waals surface area (Å²) in [6.07, 6.45) is 3.91. The van der Waals surface area contributed by atoms with Gasteiger partial charge in [0.05, 0.1) is 12.4 Å². The summed E-state index contributed by atoms with van der Waals surface area (Å²) in [6, 6.07) is 5.60. The van der Waals surface area contributed by atoms with Crippen LogP contribution in [0.15, 0.2) is 39.7 Å². The summed E-state index contributed by atoms with van der Waals surface area (Å²) in [6.45, 7) is 2.02. The Hall–Kier alpha value is -1.99. The van der Waals surface area contributed by atoms with E-state index in [1.54, 1.807) is 12.5 Å². The molecule has 6 nitrogen and oxygen atoms in total. The number of aromatic nitrogens is 4. The average molecular weight is 348 g/mol. The highest BCUT2D eigenvalue weighted by Gasteiger charge is 2.18. The van der Waals surface area contributed by atoms with Gasteiger partial charge in [-0.1, -0.05) is 27.2 Å². The van der Waals surface area contributed by atoms with Gasteiger partial charge in [0, 0.05) is 28.3 Å². The highest BCUT2D eigenvalue weighted by atomic mass is 79.9. The van der Waals surface area contributed by atoms with E-state index in [0.29, 0.717) is 18.1 Å². The molecule has 7 heteroatoms. The molecular weight excluding hydrogens is 334 g/mol. The first-order valence-corrected chi connectivity index (χ1v) is 7.26. The minimum absolute atomic E-state index is 0.365. The number of nitrogens with two attached hydrogens (primary N) is 1. The minimum atomic E-state index is -0.365. The second-order valence-electron chi connectivity index (χ2n) is 4.83. The Kier molecular flexibility index (Phi) is 3.85. The number of benzene rings is 1. The van der Waals surface area contributed by atoms with E-state index in [9.17, 15) is 0 Å². The van der Waals surface area contributed by atoms with E-state index in [1.165, 1.54) is 0 Å². The summed E-state index contributed by atoms with van der Waals surface area (Å²) < 4.78 is 6.20. The van der Waals surface area contributed by atoms with E-state index in [0.717, 1.165) is 21.3 Å². The number of imidazole rings is 1. The molecule has 0 aliphatic carbocycles. The molecule has 1 aromatic carbocycles. The Morgan fingerprint density at radius 2 is 2.29 bits per heavy atom. The topological polar surface area (TPSA) is 93.6 Å². The quantitative estimate of drug-likeness (QED) is 0.756. The second kappa shape index (κ2) is 5.79. The van der Waals surface area contributed by atoms with Gasteiger partial charge in [-0.2, -0.15) is 4.98 Å². The fraction of sp³-hybridized carbons (Fsp3) is 0.214. The highest BCUT2D eigenvalue weighted by Crippen LogP contribution is 2.27. The molecule has 0 radical (unpaired) electrons. The lowest BCUT2D eigenvalue weighted by atomic mass is 10.1. The number of aryl methyl sites for hydroxylation is 1. The van der Waals surface area contributed by atoms with Gasteiger partial charge in [-0.05, 0) is 24.6 Å². The minimum Gasteiger partial charge on any atom is -0.348 e. The molecule has 3 N–H and O–H groups in total. The number of hydrogen-bond donors (Lipinski definition) is 2. The number of nitrogens with one attached hydrogen (secondary N) is 1. The molecule has 0 aliphatic heterocycles. The van der Waals surface area contributed by atoms with Crippen LogP contribution < -0.4 is 5.73 Å². The van der Waals surface area contributed by atoms with Gasteiger partial charge in [0.15, 0.2) is 0 Å². The van der Waals surface area contributed by atoms with E-state index in [2.05, 4.69) is 36.0 Å². The lowest BCUT2D eigenvalue weighted by Gasteiger charge is -2.03. The van der Waals surface area contributed by atoms with Crippen molar-refractivity contribution >= 4 is 15.9 Å². The maximum absolute atomic E-state index is 6.08. The molecule has 3 aromatic rings. The highest BCUT2D eigenvalue weighted by molar-refractivity contribution is 9.10. The fourth-order valence-electron chi connectivity index (χ4n) is 2.02.